The Morgan fingerprint density at radius 3 is 2.41 bits per heavy atom. The largest absolute Gasteiger partial charge is 0.488 e. The normalized spacial score (nSPS) is 11.1. The highest BCUT2D eigenvalue weighted by Gasteiger charge is 2.16. The van der Waals surface area contributed by atoms with E-state index in [0.29, 0.717) is 40.3 Å². The number of rotatable bonds is 10. The van der Waals surface area contributed by atoms with E-state index in [1.165, 1.54) is 6.08 Å². The van der Waals surface area contributed by atoms with Crippen LogP contribution in [0.5, 0.6) is 17.4 Å². The Hall–Kier alpha value is -2.83. The number of carbonyl (C=O) groups is 1. The Balaban J connectivity index is 0.00000408. The smallest absolute Gasteiger partial charge is 0.230 e. The third kappa shape index (κ3) is 8.19. The Bertz CT molecular complexity index is 1150. The molecule has 0 amide bonds. The number of halogens is 3. The molecule has 3 rings (SSSR count). The van der Waals surface area contributed by atoms with Gasteiger partial charge in [-0.25, -0.2) is 4.98 Å². The fourth-order valence-electron chi connectivity index (χ4n) is 2.77. The first kappa shape index (κ1) is 27.4. The predicted octanol–water partition coefficient (Wildman–Crippen LogP) is 7.00. The van der Waals surface area contributed by atoms with Gasteiger partial charge in [0.05, 0.1) is 15.6 Å². The quantitative estimate of drug-likeness (QED) is 0.164. The highest BCUT2D eigenvalue weighted by atomic mass is 35.5. The number of benzene rings is 2. The van der Waals surface area contributed by atoms with Gasteiger partial charge < -0.3 is 14.4 Å². The van der Waals surface area contributed by atoms with Crippen molar-refractivity contribution in [3.63, 3.8) is 0 Å². The first-order valence-electron chi connectivity index (χ1n) is 10.3. The van der Waals surface area contributed by atoms with Crippen molar-refractivity contribution in [1.82, 2.24) is 9.88 Å². The van der Waals surface area contributed by atoms with Crippen molar-refractivity contribution in [3.05, 3.63) is 100 Å². The SMILES string of the molecule is CN(C)CCOc1cc(Cl)c(Cl)cc1Oc1ncccc1C(=O)C=CC=Cc1ccccc1.Cl. The summed E-state index contributed by atoms with van der Waals surface area (Å²) in [7, 11) is 3.90. The Morgan fingerprint density at radius 1 is 1.00 bits per heavy atom. The third-order valence-electron chi connectivity index (χ3n) is 4.47. The summed E-state index contributed by atoms with van der Waals surface area (Å²) in [6.45, 7) is 1.13. The molecule has 0 aliphatic carbocycles. The van der Waals surface area contributed by atoms with E-state index in [-0.39, 0.29) is 24.1 Å². The van der Waals surface area contributed by atoms with E-state index < -0.39 is 0 Å². The van der Waals surface area contributed by atoms with Crippen LogP contribution in [0.1, 0.15) is 15.9 Å². The van der Waals surface area contributed by atoms with Crippen LogP contribution >= 0.6 is 35.6 Å². The minimum Gasteiger partial charge on any atom is -0.488 e. The van der Waals surface area contributed by atoms with E-state index >= 15 is 0 Å². The lowest BCUT2D eigenvalue weighted by Gasteiger charge is -2.16. The molecule has 1 heterocycles. The van der Waals surface area contributed by atoms with Gasteiger partial charge in [0.1, 0.15) is 6.61 Å². The molecule has 3 aromatic rings. The molecule has 0 atom stereocenters. The second kappa shape index (κ2) is 13.8. The summed E-state index contributed by atoms with van der Waals surface area (Å²) >= 11 is 12.4. The predicted molar refractivity (Wildman–Crippen MR) is 141 cm³/mol. The van der Waals surface area contributed by atoms with E-state index in [2.05, 4.69) is 4.98 Å². The molecular weight excluding hydrogens is 495 g/mol. The number of likely N-dealkylation sites (N-methyl/N-ethyl adjacent to an activating group) is 1. The maximum absolute atomic E-state index is 12.8. The Morgan fingerprint density at radius 2 is 1.71 bits per heavy atom. The van der Waals surface area contributed by atoms with E-state index in [9.17, 15) is 4.79 Å². The average molecular weight is 520 g/mol. The summed E-state index contributed by atoms with van der Waals surface area (Å²) in [5, 5.41) is 0.649. The lowest BCUT2D eigenvalue weighted by molar-refractivity contribution is 0.104. The van der Waals surface area contributed by atoms with Gasteiger partial charge >= 0.3 is 0 Å². The summed E-state index contributed by atoms with van der Waals surface area (Å²) < 4.78 is 11.8. The molecule has 5 nitrogen and oxygen atoms in total. The maximum Gasteiger partial charge on any atom is 0.230 e. The number of hydrogen-bond acceptors (Lipinski definition) is 5. The van der Waals surface area contributed by atoms with E-state index in [4.69, 9.17) is 32.7 Å². The van der Waals surface area contributed by atoms with E-state index in [1.54, 1.807) is 42.6 Å². The lowest BCUT2D eigenvalue weighted by atomic mass is 10.1. The van der Waals surface area contributed by atoms with Gasteiger partial charge in [-0.15, -0.1) is 12.4 Å². The number of ether oxygens (including phenoxy) is 2. The summed E-state index contributed by atoms with van der Waals surface area (Å²) in [6.07, 6.45) is 8.42. The van der Waals surface area contributed by atoms with Gasteiger partial charge in [0, 0.05) is 24.9 Å². The van der Waals surface area contributed by atoms with Crippen LogP contribution in [0.4, 0.5) is 0 Å². The van der Waals surface area contributed by atoms with Gasteiger partial charge in [0.25, 0.3) is 0 Å². The van der Waals surface area contributed by atoms with Crippen LogP contribution < -0.4 is 9.47 Å². The molecule has 8 heteroatoms. The zero-order chi connectivity index (χ0) is 23.6. The van der Waals surface area contributed by atoms with Crippen molar-refractivity contribution in [2.45, 2.75) is 0 Å². The van der Waals surface area contributed by atoms with Crippen molar-refractivity contribution < 1.29 is 14.3 Å². The fourth-order valence-corrected chi connectivity index (χ4v) is 3.08. The van der Waals surface area contributed by atoms with Gasteiger partial charge in [0.15, 0.2) is 17.3 Å². The molecule has 0 saturated heterocycles. The molecule has 0 saturated carbocycles. The number of carbonyl (C=O) groups excluding carboxylic acids is 1. The summed E-state index contributed by atoms with van der Waals surface area (Å²) in [5.41, 5.74) is 1.36. The van der Waals surface area contributed by atoms with Gasteiger partial charge in [-0.1, -0.05) is 71.8 Å². The van der Waals surface area contributed by atoms with Crippen molar-refractivity contribution in [1.29, 1.82) is 0 Å². The van der Waals surface area contributed by atoms with Gasteiger partial charge in [-0.3, -0.25) is 4.79 Å². The summed E-state index contributed by atoms with van der Waals surface area (Å²) in [4.78, 5) is 19.0. The summed E-state index contributed by atoms with van der Waals surface area (Å²) in [5.74, 6) is 0.640. The van der Waals surface area contributed by atoms with Gasteiger partial charge in [-0.2, -0.15) is 0 Å². The zero-order valence-corrected chi connectivity index (χ0v) is 21.1. The number of aromatic nitrogens is 1. The van der Waals surface area contributed by atoms with Crippen LogP contribution in [0, 0.1) is 0 Å². The summed E-state index contributed by atoms with van der Waals surface area (Å²) in [6, 6.07) is 16.3. The first-order valence-corrected chi connectivity index (χ1v) is 11.0. The molecule has 178 valence electrons. The molecule has 0 aliphatic rings. The van der Waals surface area contributed by atoms with Crippen LogP contribution in [0.25, 0.3) is 6.08 Å². The topological polar surface area (TPSA) is 51.7 Å². The maximum atomic E-state index is 12.8. The lowest BCUT2D eigenvalue weighted by Crippen LogP contribution is -2.19. The molecular formula is C26H25Cl3N2O3. The van der Waals surface area contributed by atoms with Gasteiger partial charge in [0.2, 0.25) is 5.88 Å². The molecule has 0 radical (unpaired) electrons. The molecule has 0 spiro atoms. The molecule has 0 fully saturated rings. The second-order valence-corrected chi connectivity index (χ2v) is 8.13. The van der Waals surface area contributed by atoms with Crippen LogP contribution in [-0.4, -0.2) is 42.9 Å². The Labute approximate surface area is 216 Å². The van der Waals surface area contributed by atoms with Crippen LogP contribution in [0.15, 0.2) is 79.0 Å². The van der Waals surface area contributed by atoms with Crippen molar-refractivity contribution >= 4 is 47.5 Å². The van der Waals surface area contributed by atoms with Gasteiger partial charge in [-0.05, 0) is 37.9 Å². The minimum absolute atomic E-state index is 0. The van der Waals surface area contributed by atoms with E-state index in [0.717, 1.165) is 5.56 Å². The third-order valence-corrected chi connectivity index (χ3v) is 5.20. The highest BCUT2D eigenvalue weighted by molar-refractivity contribution is 6.42. The number of ketones is 1. The first-order chi connectivity index (χ1) is 15.9. The molecule has 0 aliphatic heterocycles. The van der Waals surface area contributed by atoms with Crippen LogP contribution in [-0.2, 0) is 0 Å². The number of allylic oxidation sites excluding steroid dienone is 3. The Kier molecular flexibility index (Phi) is 11.1. The van der Waals surface area contributed by atoms with Crippen molar-refractivity contribution in [3.8, 4) is 17.4 Å². The number of pyridine rings is 1. The fraction of sp³-hybridized carbons (Fsp3) is 0.154. The second-order valence-electron chi connectivity index (χ2n) is 7.32. The van der Waals surface area contributed by atoms with Crippen molar-refractivity contribution in [2.24, 2.45) is 0 Å². The monoisotopic (exact) mass is 518 g/mol. The van der Waals surface area contributed by atoms with E-state index in [1.807, 2.05) is 55.4 Å². The molecule has 1 aromatic heterocycles. The highest BCUT2D eigenvalue weighted by Crippen LogP contribution is 2.38. The van der Waals surface area contributed by atoms with Crippen LogP contribution in [0.3, 0.4) is 0 Å². The standard InChI is InChI=1S/C26H24Cl2N2O3.ClH/c1-30(2)15-16-32-24-17-21(27)22(28)18-25(24)33-26-20(12-8-14-29-26)23(31)13-7-6-11-19-9-4-3-5-10-19;/h3-14,17-18H,15-16H2,1-2H3;1H. The average Bonchev–Trinajstić information content (AvgIpc) is 2.80. The van der Waals surface area contributed by atoms with Crippen molar-refractivity contribution in [2.75, 3.05) is 27.2 Å². The molecule has 0 bridgehead atoms. The molecule has 0 N–H and O–H groups in total. The molecule has 0 unspecified atom stereocenters. The minimum atomic E-state index is -0.244. The van der Waals surface area contributed by atoms with Crippen LogP contribution in [0.2, 0.25) is 10.0 Å². The zero-order valence-electron chi connectivity index (χ0n) is 18.8. The molecule has 34 heavy (non-hydrogen) atoms. The number of hydrogen-bond donors (Lipinski definition) is 0. The number of nitrogens with zero attached hydrogens (tertiary/aromatic N) is 2. The molecule has 2 aromatic carbocycles.